The van der Waals surface area contributed by atoms with Crippen molar-refractivity contribution in [1.82, 2.24) is 9.97 Å². The number of aromatic nitrogens is 2. The molecule has 0 unspecified atom stereocenters. The second kappa shape index (κ2) is 4.07. The van der Waals surface area contributed by atoms with E-state index >= 15 is 0 Å². The zero-order chi connectivity index (χ0) is 11.1. The largest absolute Gasteiger partial charge is 0.384 e. The molecule has 0 atom stereocenters. The van der Waals surface area contributed by atoms with Crippen molar-refractivity contribution in [3.05, 3.63) is 36.4 Å². The average molecular weight is 247 g/mol. The lowest BCUT2D eigenvalue weighted by atomic mass is 10.1. The van der Waals surface area contributed by atoms with Crippen LogP contribution < -0.4 is 11.5 Å². The summed E-state index contributed by atoms with van der Waals surface area (Å²) in [5, 5.41) is 2.03. The van der Waals surface area contributed by atoms with Crippen LogP contribution in [-0.4, -0.2) is 9.97 Å². The first-order chi connectivity index (χ1) is 7.74. The quantitative estimate of drug-likeness (QED) is 0.597. The number of hydrogen-bond acceptors (Lipinski definition) is 4. The van der Waals surface area contributed by atoms with Gasteiger partial charge in [0.05, 0.1) is 11.0 Å². The summed E-state index contributed by atoms with van der Waals surface area (Å²) in [6, 6.07) is 11.4. The van der Waals surface area contributed by atoms with Crippen molar-refractivity contribution in [1.29, 1.82) is 0 Å². The molecule has 0 fully saturated rings. The Labute approximate surface area is 104 Å². The maximum Gasteiger partial charge on any atom is 0.124 e. The van der Waals surface area contributed by atoms with Crippen molar-refractivity contribution in [2.45, 2.75) is 0 Å². The number of nitrogen functional groups attached to an aromatic ring is 2. The van der Waals surface area contributed by atoms with Crippen molar-refractivity contribution in [2.24, 2.45) is 0 Å². The highest BCUT2D eigenvalue weighted by atomic mass is 35.5. The molecule has 0 aliphatic rings. The number of halogens is 1. The van der Waals surface area contributed by atoms with Gasteiger partial charge in [0, 0.05) is 10.8 Å². The third kappa shape index (κ3) is 1.83. The minimum Gasteiger partial charge on any atom is -0.384 e. The van der Waals surface area contributed by atoms with Gasteiger partial charge in [-0.05, 0) is 24.3 Å². The normalized spacial score (nSPS) is 10.4. The van der Waals surface area contributed by atoms with Gasteiger partial charge < -0.3 is 11.5 Å². The first-order valence-electron chi connectivity index (χ1n) is 4.95. The molecule has 4 nitrogen and oxygen atoms in total. The Morgan fingerprint density at radius 1 is 0.647 bits per heavy atom. The Bertz CT molecular complexity index is 636. The fourth-order valence-corrected chi connectivity index (χ4v) is 1.80. The lowest BCUT2D eigenvalue weighted by molar-refractivity contribution is 1.38. The van der Waals surface area contributed by atoms with Gasteiger partial charge in [0.25, 0.3) is 0 Å². The Morgan fingerprint density at radius 3 is 1.41 bits per heavy atom. The summed E-state index contributed by atoms with van der Waals surface area (Å²) >= 11 is 0. The van der Waals surface area contributed by atoms with Gasteiger partial charge in [-0.3, -0.25) is 0 Å². The zero-order valence-corrected chi connectivity index (χ0v) is 9.74. The van der Waals surface area contributed by atoms with Gasteiger partial charge in [0.2, 0.25) is 0 Å². The summed E-state index contributed by atoms with van der Waals surface area (Å²) in [5.41, 5.74) is 13.0. The summed E-state index contributed by atoms with van der Waals surface area (Å²) in [5.74, 6) is 0.980. The van der Waals surface area contributed by atoms with Crippen LogP contribution in [0, 0.1) is 0 Å². The summed E-state index contributed by atoms with van der Waals surface area (Å²) in [4.78, 5) is 8.61. The second-order valence-electron chi connectivity index (χ2n) is 3.68. The van der Waals surface area contributed by atoms with Crippen LogP contribution in [0.2, 0.25) is 0 Å². The van der Waals surface area contributed by atoms with Crippen LogP contribution in [0.1, 0.15) is 0 Å². The monoisotopic (exact) mass is 246 g/mol. The van der Waals surface area contributed by atoms with Gasteiger partial charge in [-0.25, -0.2) is 9.97 Å². The lowest BCUT2D eigenvalue weighted by Crippen LogP contribution is -1.94. The number of rotatable bonds is 0. The molecule has 0 spiro atoms. The number of hydrogen-bond donors (Lipinski definition) is 2. The van der Waals surface area contributed by atoms with Crippen molar-refractivity contribution in [3.8, 4) is 0 Å². The summed E-state index contributed by atoms with van der Waals surface area (Å²) < 4.78 is 0. The smallest absolute Gasteiger partial charge is 0.124 e. The van der Waals surface area contributed by atoms with Crippen LogP contribution in [0.5, 0.6) is 0 Å². The maximum absolute atomic E-state index is 5.68. The highest BCUT2D eigenvalue weighted by Gasteiger charge is 2.03. The number of fused-ring (bicyclic) bond motifs is 3. The molecule has 3 aromatic rings. The Kier molecular flexibility index (Phi) is 2.73. The number of benzene rings is 1. The highest BCUT2D eigenvalue weighted by molar-refractivity contribution is 6.03. The van der Waals surface area contributed by atoms with Crippen LogP contribution in [-0.2, 0) is 0 Å². The summed E-state index contributed by atoms with van der Waals surface area (Å²) in [6.45, 7) is 0. The Hall–Kier alpha value is -2.07. The first-order valence-corrected chi connectivity index (χ1v) is 4.95. The molecule has 0 aliphatic carbocycles. The van der Waals surface area contributed by atoms with E-state index in [-0.39, 0.29) is 12.4 Å². The molecule has 0 saturated heterocycles. The molecule has 0 amide bonds. The predicted molar refractivity (Wildman–Crippen MR) is 73.1 cm³/mol. The van der Waals surface area contributed by atoms with Gasteiger partial charge in [-0.2, -0.15) is 0 Å². The highest BCUT2D eigenvalue weighted by Crippen LogP contribution is 2.23. The van der Waals surface area contributed by atoms with E-state index in [1.807, 2.05) is 24.3 Å². The molecule has 0 bridgehead atoms. The maximum atomic E-state index is 5.68. The van der Waals surface area contributed by atoms with Gasteiger partial charge in [-0.15, -0.1) is 12.4 Å². The minimum atomic E-state index is 0. The molecule has 0 radical (unpaired) electrons. The topological polar surface area (TPSA) is 77.8 Å². The van der Waals surface area contributed by atoms with Crippen LogP contribution in [0.25, 0.3) is 21.8 Å². The van der Waals surface area contributed by atoms with Crippen molar-refractivity contribution >= 4 is 45.8 Å². The van der Waals surface area contributed by atoms with Gasteiger partial charge in [-0.1, -0.05) is 12.1 Å². The zero-order valence-electron chi connectivity index (χ0n) is 8.92. The average Bonchev–Trinajstić information content (AvgIpc) is 2.29. The molecule has 2 heterocycles. The number of anilines is 2. The van der Waals surface area contributed by atoms with Crippen molar-refractivity contribution in [3.63, 3.8) is 0 Å². The predicted octanol–water partition coefficient (Wildman–Crippen LogP) is 2.37. The van der Waals surface area contributed by atoms with E-state index in [1.165, 1.54) is 0 Å². The Morgan fingerprint density at radius 2 is 1.00 bits per heavy atom. The van der Waals surface area contributed by atoms with Crippen LogP contribution >= 0.6 is 12.4 Å². The second-order valence-corrected chi connectivity index (χ2v) is 3.68. The van der Waals surface area contributed by atoms with E-state index in [0.717, 1.165) is 21.8 Å². The van der Waals surface area contributed by atoms with E-state index in [2.05, 4.69) is 9.97 Å². The molecule has 1 aromatic carbocycles. The lowest BCUT2D eigenvalue weighted by Gasteiger charge is -2.03. The van der Waals surface area contributed by atoms with E-state index in [4.69, 9.17) is 11.5 Å². The molecule has 17 heavy (non-hydrogen) atoms. The van der Waals surface area contributed by atoms with Crippen molar-refractivity contribution < 1.29 is 0 Å². The van der Waals surface area contributed by atoms with E-state index in [0.29, 0.717) is 11.6 Å². The molecule has 4 N–H and O–H groups in total. The van der Waals surface area contributed by atoms with Gasteiger partial charge >= 0.3 is 0 Å². The summed E-state index contributed by atoms with van der Waals surface area (Å²) in [7, 11) is 0. The molecule has 2 aromatic heterocycles. The molecule has 86 valence electrons. The van der Waals surface area contributed by atoms with Crippen molar-refractivity contribution in [2.75, 3.05) is 11.5 Å². The standard InChI is InChI=1S/C12H10N4.ClH/c13-9-5-3-7-1-2-8-4-6-10(14)16-12(8)11(7)15-9;/h1-6H,(H2,13,15)(H2,14,16);1H. The molecule has 0 saturated carbocycles. The fourth-order valence-electron chi connectivity index (χ4n) is 1.80. The number of nitrogens with two attached hydrogens (primary N) is 2. The SMILES string of the molecule is Cl.Nc1ccc2ccc3ccc(N)nc3c2n1. The van der Waals surface area contributed by atoms with Crippen LogP contribution in [0.3, 0.4) is 0 Å². The van der Waals surface area contributed by atoms with E-state index in [9.17, 15) is 0 Å². The Balaban J connectivity index is 0.00000108. The minimum absolute atomic E-state index is 0. The third-order valence-electron chi connectivity index (χ3n) is 2.56. The molecule has 0 aliphatic heterocycles. The van der Waals surface area contributed by atoms with Crippen LogP contribution in [0.15, 0.2) is 36.4 Å². The summed E-state index contributed by atoms with van der Waals surface area (Å²) in [6.07, 6.45) is 0. The molecular weight excluding hydrogens is 236 g/mol. The van der Waals surface area contributed by atoms with E-state index < -0.39 is 0 Å². The fraction of sp³-hybridized carbons (Fsp3) is 0. The van der Waals surface area contributed by atoms with Gasteiger partial charge in [0.1, 0.15) is 11.6 Å². The third-order valence-corrected chi connectivity index (χ3v) is 2.56. The number of nitrogens with zero attached hydrogens (tertiary/aromatic N) is 2. The van der Waals surface area contributed by atoms with E-state index in [1.54, 1.807) is 12.1 Å². The number of pyridine rings is 2. The first kappa shape index (κ1) is 11.4. The van der Waals surface area contributed by atoms with Crippen LogP contribution in [0.4, 0.5) is 11.6 Å². The molecule has 3 rings (SSSR count). The molecule has 5 heteroatoms. The molecular formula is C12H11ClN4. The van der Waals surface area contributed by atoms with Gasteiger partial charge in [0.15, 0.2) is 0 Å².